The van der Waals surface area contributed by atoms with E-state index in [1.165, 1.54) is 23.4 Å². The molecule has 1 atom stereocenters. The molecule has 1 aromatic carbocycles. The second-order valence-electron chi connectivity index (χ2n) is 6.68. The van der Waals surface area contributed by atoms with Crippen molar-refractivity contribution in [1.82, 2.24) is 20.1 Å². The Morgan fingerprint density at radius 1 is 1.33 bits per heavy atom. The predicted molar refractivity (Wildman–Crippen MR) is 93.2 cm³/mol. The van der Waals surface area contributed by atoms with Gasteiger partial charge in [-0.05, 0) is 23.6 Å². The summed E-state index contributed by atoms with van der Waals surface area (Å²) in [6.07, 6.45) is 2.92. The van der Waals surface area contributed by atoms with Crippen molar-refractivity contribution in [2.24, 2.45) is 5.41 Å². The van der Waals surface area contributed by atoms with Crippen LogP contribution < -0.4 is 5.32 Å². The Labute approximate surface area is 150 Å². The van der Waals surface area contributed by atoms with Crippen LogP contribution in [-0.2, 0) is 6.54 Å². The standard InChI is InChI=1S/C16H20Cl2N4O2/c1-15(2,3)16(24,8-22-10-19-9-21-22)7-20-14(23)12-5-4-11(17)6-13(12)18/h4-6,9-10,24H,7-8H2,1-3H3,(H,20,23). The minimum Gasteiger partial charge on any atom is -0.386 e. The highest BCUT2D eigenvalue weighted by Gasteiger charge is 2.41. The zero-order valence-electron chi connectivity index (χ0n) is 13.8. The first-order valence-corrected chi connectivity index (χ1v) is 8.16. The molecule has 0 saturated carbocycles. The molecule has 0 radical (unpaired) electrons. The Hall–Kier alpha value is -1.63. The van der Waals surface area contributed by atoms with Crippen LogP contribution in [-0.4, -0.2) is 37.9 Å². The smallest absolute Gasteiger partial charge is 0.252 e. The normalized spacial score (nSPS) is 14.2. The number of halogens is 2. The van der Waals surface area contributed by atoms with E-state index in [-0.39, 0.29) is 24.0 Å². The number of aromatic nitrogens is 3. The molecular weight excluding hydrogens is 351 g/mol. The molecule has 0 saturated heterocycles. The van der Waals surface area contributed by atoms with E-state index in [4.69, 9.17) is 23.2 Å². The largest absolute Gasteiger partial charge is 0.386 e. The first-order chi connectivity index (χ1) is 11.1. The lowest BCUT2D eigenvalue weighted by Crippen LogP contribution is -2.54. The summed E-state index contributed by atoms with van der Waals surface area (Å²) in [7, 11) is 0. The Balaban J connectivity index is 2.14. The van der Waals surface area contributed by atoms with E-state index in [0.717, 1.165) is 0 Å². The number of benzene rings is 1. The molecular formula is C16H20Cl2N4O2. The van der Waals surface area contributed by atoms with Crippen molar-refractivity contribution >= 4 is 29.1 Å². The Morgan fingerprint density at radius 2 is 2.04 bits per heavy atom. The maximum Gasteiger partial charge on any atom is 0.252 e. The van der Waals surface area contributed by atoms with Gasteiger partial charge >= 0.3 is 0 Å². The number of hydrogen-bond donors (Lipinski definition) is 2. The number of carbonyl (C=O) groups is 1. The molecule has 24 heavy (non-hydrogen) atoms. The number of nitrogens with zero attached hydrogens (tertiary/aromatic N) is 3. The average Bonchev–Trinajstić information content (AvgIpc) is 2.96. The van der Waals surface area contributed by atoms with Crippen LogP contribution in [0.15, 0.2) is 30.9 Å². The van der Waals surface area contributed by atoms with Gasteiger partial charge in [0.2, 0.25) is 0 Å². The summed E-state index contributed by atoms with van der Waals surface area (Å²) in [5.74, 6) is -0.377. The van der Waals surface area contributed by atoms with Gasteiger partial charge in [-0.3, -0.25) is 4.79 Å². The summed E-state index contributed by atoms with van der Waals surface area (Å²) < 4.78 is 1.53. The number of carbonyl (C=O) groups excluding carboxylic acids is 1. The van der Waals surface area contributed by atoms with Crippen LogP contribution in [0.4, 0.5) is 0 Å². The van der Waals surface area contributed by atoms with Crippen LogP contribution in [0.25, 0.3) is 0 Å². The van der Waals surface area contributed by atoms with Crippen molar-refractivity contribution < 1.29 is 9.90 Å². The van der Waals surface area contributed by atoms with E-state index in [9.17, 15) is 9.90 Å². The summed E-state index contributed by atoms with van der Waals surface area (Å²) in [6, 6.07) is 4.64. The third kappa shape index (κ3) is 4.26. The number of amides is 1. The lowest BCUT2D eigenvalue weighted by atomic mass is 9.76. The van der Waals surface area contributed by atoms with Crippen LogP contribution in [0.1, 0.15) is 31.1 Å². The van der Waals surface area contributed by atoms with Gasteiger partial charge in [-0.15, -0.1) is 0 Å². The first-order valence-electron chi connectivity index (χ1n) is 7.40. The number of hydrogen-bond acceptors (Lipinski definition) is 4. The lowest BCUT2D eigenvalue weighted by molar-refractivity contribution is -0.0699. The molecule has 6 nitrogen and oxygen atoms in total. The molecule has 1 aromatic heterocycles. The number of nitrogens with one attached hydrogen (secondary N) is 1. The van der Waals surface area contributed by atoms with Crippen LogP contribution in [0.5, 0.6) is 0 Å². The molecule has 0 aliphatic rings. The van der Waals surface area contributed by atoms with Gasteiger partial charge in [0.1, 0.15) is 18.3 Å². The molecule has 1 unspecified atom stereocenters. The van der Waals surface area contributed by atoms with Crippen LogP contribution >= 0.6 is 23.2 Å². The molecule has 0 fully saturated rings. The van der Waals surface area contributed by atoms with Crippen molar-refractivity contribution in [3.05, 3.63) is 46.5 Å². The first kappa shape index (κ1) is 18.7. The third-order valence-electron chi connectivity index (χ3n) is 4.00. The van der Waals surface area contributed by atoms with Gasteiger partial charge in [0.25, 0.3) is 5.91 Å². The SMILES string of the molecule is CC(C)(C)C(O)(CNC(=O)c1ccc(Cl)cc1Cl)Cn1cncn1. The monoisotopic (exact) mass is 370 g/mol. The molecule has 1 heterocycles. The fourth-order valence-corrected chi connectivity index (χ4v) is 2.63. The molecule has 0 aliphatic heterocycles. The van der Waals surface area contributed by atoms with Gasteiger partial charge in [-0.25, -0.2) is 9.67 Å². The van der Waals surface area contributed by atoms with Gasteiger partial charge in [0, 0.05) is 11.6 Å². The van der Waals surface area contributed by atoms with Gasteiger partial charge in [0.15, 0.2) is 0 Å². The summed E-state index contributed by atoms with van der Waals surface area (Å²) in [5, 5.41) is 18.5. The van der Waals surface area contributed by atoms with E-state index in [0.29, 0.717) is 10.6 Å². The predicted octanol–water partition coefficient (Wildman–Crippen LogP) is 2.79. The number of rotatable bonds is 5. The topological polar surface area (TPSA) is 80.0 Å². The summed E-state index contributed by atoms with van der Waals surface area (Å²) in [5.41, 5.74) is -1.43. The van der Waals surface area contributed by atoms with Gasteiger partial charge in [-0.1, -0.05) is 44.0 Å². The maximum absolute atomic E-state index is 12.4. The van der Waals surface area contributed by atoms with E-state index in [2.05, 4.69) is 15.4 Å². The van der Waals surface area contributed by atoms with Gasteiger partial charge in [0.05, 0.1) is 17.1 Å². The average molecular weight is 371 g/mol. The van der Waals surface area contributed by atoms with Crippen LogP contribution in [0.3, 0.4) is 0 Å². The zero-order chi connectivity index (χ0) is 18.0. The summed E-state index contributed by atoms with van der Waals surface area (Å²) >= 11 is 11.9. The van der Waals surface area contributed by atoms with Crippen molar-refractivity contribution in [3.63, 3.8) is 0 Å². The quantitative estimate of drug-likeness (QED) is 0.847. The van der Waals surface area contributed by atoms with E-state index in [1.807, 2.05) is 20.8 Å². The minimum absolute atomic E-state index is 0.0359. The molecule has 0 spiro atoms. The van der Waals surface area contributed by atoms with Crippen LogP contribution in [0.2, 0.25) is 10.0 Å². The highest BCUT2D eigenvalue weighted by molar-refractivity contribution is 6.36. The molecule has 2 rings (SSSR count). The molecule has 2 aromatic rings. The van der Waals surface area contributed by atoms with Crippen molar-refractivity contribution in [1.29, 1.82) is 0 Å². The highest BCUT2D eigenvalue weighted by atomic mass is 35.5. The molecule has 0 aliphatic carbocycles. The highest BCUT2D eigenvalue weighted by Crippen LogP contribution is 2.31. The molecule has 1 amide bonds. The Kier molecular flexibility index (Phi) is 5.52. The fourth-order valence-electron chi connectivity index (χ4n) is 2.14. The van der Waals surface area contributed by atoms with E-state index in [1.54, 1.807) is 12.1 Å². The molecule has 0 bridgehead atoms. The second kappa shape index (κ2) is 7.09. The second-order valence-corrected chi connectivity index (χ2v) is 7.53. The summed E-state index contributed by atoms with van der Waals surface area (Å²) in [6.45, 7) is 5.92. The fraction of sp³-hybridized carbons (Fsp3) is 0.438. The van der Waals surface area contributed by atoms with Gasteiger partial charge < -0.3 is 10.4 Å². The van der Waals surface area contributed by atoms with Crippen molar-refractivity contribution in [2.45, 2.75) is 32.9 Å². The van der Waals surface area contributed by atoms with Gasteiger partial charge in [-0.2, -0.15) is 5.10 Å². The maximum atomic E-state index is 12.4. The number of aliphatic hydroxyl groups is 1. The minimum atomic E-state index is -1.23. The lowest BCUT2D eigenvalue weighted by Gasteiger charge is -2.40. The Morgan fingerprint density at radius 3 is 2.58 bits per heavy atom. The summed E-state index contributed by atoms with van der Waals surface area (Å²) in [4.78, 5) is 16.2. The Bertz CT molecular complexity index is 713. The molecule has 2 N–H and O–H groups in total. The molecule has 130 valence electrons. The van der Waals surface area contributed by atoms with Crippen LogP contribution in [0, 0.1) is 5.41 Å². The third-order valence-corrected chi connectivity index (χ3v) is 4.55. The van der Waals surface area contributed by atoms with Crippen molar-refractivity contribution in [2.75, 3.05) is 6.54 Å². The van der Waals surface area contributed by atoms with Crippen molar-refractivity contribution in [3.8, 4) is 0 Å². The molecule has 8 heteroatoms. The zero-order valence-corrected chi connectivity index (χ0v) is 15.3. The van der Waals surface area contributed by atoms with E-state index >= 15 is 0 Å². The van der Waals surface area contributed by atoms with E-state index < -0.39 is 11.0 Å².